The molecule has 2 aliphatic rings. The van der Waals surface area contributed by atoms with Crippen LogP contribution in [-0.2, 0) is 22.9 Å². The molecule has 0 aromatic heterocycles. The fourth-order valence-electron chi connectivity index (χ4n) is 3.75. The molecule has 2 aromatic carbocycles. The van der Waals surface area contributed by atoms with Gasteiger partial charge in [0.05, 0.1) is 11.9 Å². The van der Waals surface area contributed by atoms with Gasteiger partial charge in [-0.25, -0.2) is 8.42 Å². The highest BCUT2D eigenvalue weighted by molar-refractivity contribution is 7.92. The molecule has 0 bridgehead atoms. The molecule has 130 valence electrons. The van der Waals surface area contributed by atoms with Crippen LogP contribution in [-0.4, -0.2) is 33.7 Å². The van der Waals surface area contributed by atoms with E-state index in [0.717, 1.165) is 24.1 Å². The van der Waals surface area contributed by atoms with Crippen molar-refractivity contribution in [2.24, 2.45) is 0 Å². The van der Waals surface area contributed by atoms with Gasteiger partial charge in [0.15, 0.2) is 0 Å². The first-order chi connectivity index (χ1) is 11.9. The minimum atomic E-state index is -3.27. The molecule has 6 heteroatoms. The van der Waals surface area contributed by atoms with Gasteiger partial charge < -0.3 is 4.90 Å². The molecule has 0 atom stereocenters. The number of carbonyl (C=O) groups is 1. The van der Waals surface area contributed by atoms with Crippen molar-refractivity contribution in [1.82, 2.24) is 0 Å². The molecule has 0 fully saturated rings. The Morgan fingerprint density at radius 3 is 2.56 bits per heavy atom. The van der Waals surface area contributed by atoms with Gasteiger partial charge in [-0.15, -0.1) is 0 Å². The Kier molecular flexibility index (Phi) is 3.80. The third-order valence-corrected chi connectivity index (χ3v) is 6.12. The second-order valence-corrected chi connectivity index (χ2v) is 8.52. The third kappa shape index (κ3) is 2.80. The first kappa shape index (κ1) is 16.1. The number of benzene rings is 2. The van der Waals surface area contributed by atoms with Crippen molar-refractivity contribution >= 4 is 27.3 Å². The molecule has 2 aliphatic heterocycles. The highest BCUT2D eigenvalue weighted by Crippen LogP contribution is 2.32. The Bertz CT molecular complexity index is 953. The van der Waals surface area contributed by atoms with E-state index >= 15 is 0 Å². The molecule has 0 unspecified atom stereocenters. The minimum Gasteiger partial charge on any atom is -0.308 e. The van der Waals surface area contributed by atoms with E-state index < -0.39 is 10.0 Å². The Hall–Kier alpha value is -2.34. The average molecular weight is 356 g/mol. The number of carbonyl (C=O) groups excluding carboxylic acids is 1. The van der Waals surface area contributed by atoms with E-state index in [1.807, 2.05) is 29.2 Å². The van der Waals surface area contributed by atoms with Crippen LogP contribution in [0.25, 0.3) is 0 Å². The summed E-state index contributed by atoms with van der Waals surface area (Å²) in [6.07, 6.45) is 3.80. The normalized spacial score (nSPS) is 16.5. The third-order valence-electron chi connectivity index (χ3n) is 4.94. The highest BCUT2D eigenvalue weighted by Gasteiger charge is 2.28. The van der Waals surface area contributed by atoms with Crippen LogP contribution in [0.3, 0.4) is 0 Å². The number of sulfonamides is 1. The van der Waals surface area contributed by atoms with Gasteiger partial charge in [0.25, 0.3) is 5.91 Å². The van der Waals surface area contributed by atoms with Crippen LogP contribution in [0.2, 0.25) is 0 Å². The van der Waals surface area contributed by atoms with Gasteiger partial charge in [-0.2, -0.15) is 0 Å². The minimum absolute atomic E-state index is 0.0206. The van der Waals surface area contributed by atoms with E-state index in [1.54, 1.807) is 12.1 Å². The number of anilines is 2. The van der Waals surface area contributed by atoms with Crippen LogP contribution in [0.1, 0.15) is 27.9 Å². The summed E-state index contributed by atoms with van der Waals surface area (Å²) in [4.78, 5) is 14.9. The van der Waals surface area contributed by atoms with Crippen LogP contribution < -0.4 is 9.21 Å². The maximum absolute atomic E-state index is 13.0. The Balaban J connectivity index is 1.67. The van der Waals surface area contributed by atoms with Crippen LogP contribution in [0.5, 0.6) is 0 Å². The maximum Gasteiger partial charge on any atom is 0.258 e. The second-order valence-electron chi connectivity index (χ2n) is 6.62. The van der Waals surface area contributed by atoms with Crippen molar-refractivity contribution in [2.45, 2.75) is 19.3 Å². The molecular weight excluding hydrogens is 336 g/mol. The molecule has 1 amide bonds. The van der Waals surface area contributed by atoms with Gasteiger partial charge >= 0.3 is 0 Å². The molecular formula is C19H20N2O3S. The predicted octanol–water partition coefficient (Wildman–Crippen LogP) is 2.60. The van der Waals surface area contributed by atoms with Crippen LogP contribution in [0, 0.1) is 0 Å². The number of rotatable bonds is 2. The van der Waals surface area contributed by atoms with Gasteiger partial charge in [0, 0.05) is 24.3 Å². The summed E-state index contributed by atoms with van der Waals surface area (Å²) in [7, 11) is -3.27. The second kappa shape index (κ2) is 5.88. The predicted molar refractivity (Wildman–Crippen MR) is 98.8 cm³/mol. The molecule has 0 aliphatic carbocycles. The number of aryl methyl sites for hydroxylation is 1. The summed E-state index contributed by atoms with van der Waals surface area (Å²) in [5.74, 6) is -0.0206. The molecule has 5 nitrogen and oxygen atoms in total. The van der Waals surface area contributed by atoms with Crippen molar-refractivity contribution in [1.29, 1.82) is 0 Å². The van der Waals surface area contributed by atoms with Gasteiger partial charge in [0.2, 0.25) is 10.0 Å². The smallest absolute Gasteiger partial charge is 0.258 e. The Morgan fingerprint density at radius 2 is 1.76 bits per heavy atom. The number of hydrogen-bond acceptors (Lipinski definition) is 3. The number of para-hydroxylation sites is 1. The lowest BCUT2D eigenvalue weighted by molar-refractivity contribution is 0.0985. The van der Waals surface area contributed by atoms with Crippen molar-refractivity contribution in [3.8, 4) is 0 Å². The summed E-state index contributed by atoms with van der Waals surface area (Å²) in [6, 6.07) is 13.4. The van der Waals surface area contributed by atoms with Gasteiger partial charge in [-0.1, -0.05) is 18.2 Å². The first-order valence-electron chi connectivity index (χ1n) is 8.45. The zero-order valence-electron chi connectivity index (χ0n) is 14.1. The topological polar surface area (TPSA) is 57.7 Å². The van der Waals surface area contributed by atoms with Crippen molar-refractivity contribution in [2.75, 3.05) is 28.6 Å². The average Bonchev–Trinajstić information content (AvgIpc) is 3.04. The van der Waals surface area contributed by atoms with Gasteiger partial charge in [0.1, 0.15) is 0 Å². The summed E-state index contributed by atoms with van der Waals surface area (Å²) in [6.45, 7) is 1.15. The van der Waals surface area contributed by atoms with E-state index in [4.69, 9.17) is 0 Å². The molecule has 0 radical (unpaired) electrons. The molecule has 25 heavy (non-hydrogen) atoms. The fraction of sp³-hybridized carbons (Fsp3) is 0.316. The zero-order valence-corrected chi connectivity index (χ0v) is 14.9. The number of hydrogen-bond donors (Lipinski definition) is 0. The van der Waals surface area contributed by atoms with E-state index in [1.165, 1.54) is 16.1 Å². The lowest BCUT2D eigenvalue weighted by Crippen LogP contribution is -2.35. The summed E-state index contributed by atoms with van der Waals surface area (Å²) >= 11 is 0. The van der Waals surface area contributed by atoms with Gasteiger partial charge in [-0.3, -0.25) is 9.10 Å². The SMILES string of the molecule is CS(=O)(=O)N1CCc2cc(C(=O)N3CCCc4ccccc43)ccc21. The summed E-state index contributed by atoms with van der Waals surface area (Å²) < 4.78 is 25.1. The molecule has 2 heterocycles. The van der Waals surface area contributed by atoms with Crippen molar-refractivity contribution in [3.63, 3.8) is 0 Å². The van der Waals surface area contributed by atoms with E-state index in [2.05, 4.69) is 6.07 Å². The largest absolute Gasteiger partial charge is 0.308 e. The molecule has 0 N–H and O–H groups in total. The quantitative estimate of drug-likeness (QED) is 0.831. The van der Waals surface area contributed by atoms with Crippen LogP contribution >= 0.6 is 0 Å². The zero-order chi connectivity index (χ0) is 17.6. The Labute approximate surface area is 147 Å². The van der Waals surface area contributed by atoms with Crippen LogP contribution in [0.15, 0.2) is 42.5 Å². The molecule has 4 rings (SSSR count). The number of nitrogens with zero attached hydrogens (tertiary/aromatic N) is 2. The lowest BCUT2D eigenvalue weighted by atomic mass is 10.00. The first-order valence-corrected chi connectivity index (χ1v) is 10.3. The monoisotopic (exact) mass is 356 g/mol. The number of amides is 1. The standard InChI is InChI=1S/C19H20N2O3S/c1-25(23,24)21-12-10-15-13-16(8-9-18(15)21)19(22)20-11-4-6-14-5-2-3-7-17(14)20/h2-3,5,7-9,13H,4,6,10-12H2,1H3. The molecule has 0 saturated carbocycles. The Morgan fingerprint density at radius 1 is 0.960 bits per heavy atom. The van der Waals surface area contributed by atoms with Gasteiger partial charge in [-0.05, 0) is 54.7 Å². The van der Waals surface area contributed by atoms with E-state index in [9.17, 15) is 13.2 Å². The lowest BCUT2D eigenvalue weighted by Gasteiger charge is -2.29. The van der Waals surface area contributed by atoms with Crippen LogP contribution in [0.4, 0.5) is 11.4 Å². The molecule has 0 saturated heterocycles. The maximum atomic E-state index is 13.0. The van der Waals surface area contributed by atoms with Crippen molar-refractivity contribution < 1.29 is 13.2 Å². The summed E-state index contributed by atoms with van der Waals surface area (Å²) in [5, 5.41) is 0. The summed E-state index contributed by atoms with van der Waals surface area (Å²) in [5.41, 5.74) is 4.41. The van der Waals surface area contributed by atoms with Crippen molar-refractivity contribution in [3.05, 3.63) is 59.2 Å². The fourth-order valence-corrected chi connectivity index (χ4v) is 4.71. The highest BCUT2D eigenvalue weighted by atomic mass is 32.2. The van der Waals surface area contributed by atoms with E-state index in [-0.39, 0.29) is 5.91 Å². The molecule has 2 aromatic rings. The number of fused-ring (bicyclic) bond motifs is 2. The molecule has 0 spiro atoms. The van der Waals surface area contributed by atoms with E-state index in [0.29, 0.717) is 30.8 Å².